The van der Waals surface area contributed by atoms with Crippen molar-refractivity contribution in [2.75, 3.05) is 0 Å². The molecule has 3 fully saturated rings. The van der Waals surface area contributed by atoms with Crippen LogP contribution in [-0.4, -0.2) is 33.5 Å². The van der Waals surface area contributed by atoms with Gasteiger partial charge in [0.25, 0.3) is 11.6 Å². The van der Waals surface area contributed by atoms with Crippen molar-refractivity contribution in [2.24, 2.45) is 0 Å². The number of Topliss-reactive ketones (excluding diaryl/α,β-unsaturated/α-hetero) is 1. The van der Waals surface area contributed by atoms with Gasteiger partial charge in [0.1, 0.15) is 0 Å². The van der Waals surface area contributed by atoms with E-state index in [1.807, 2.05) is 30.4 Å². The third-order valence-corrected chi connectivity index (χ3v) is 6.38. The molecule has 3 saturated heterocycles. The molecule has 0 aromatic rings. The van der Waals surface area contributed by atoms with Gasteiger partial charge < -0.3 is 10.2 Å². The minimum Gasteiger partial charge on any atom is -0.353 e. The van der Waals surface area contributed by atoms with Crippen LogP contribution < -0.4 is 0 Å². The van der Waals surface area contributed by atoms with Gasteiger partial charge in [0.2, 0.25) is 5.78 Å². The average Bonchev–Trinajstić information content (AvgIpc) is 2.77. The first kappa shape index (κ1) is 28.1. The van der Waals surface area contributed by atoms with Gasteiger partial charge in [-0.1, -0.05) is 112 Å². The van der Waals surface area contributed by atoms with Crippen molar-refractivity contribution in [2.45, 2.75) is 70.1 Å². The molecule has 0 aliphatic carbocycles. The number of carbonyl (C=O) groups excluding carboxylic acids is 2. The molecule has 0 aromatic heterocycles. The Morgan fingerprint density at radius 3 is 1.76 bits per heavy atom. The molecule has 3 heterocycles. The molecule has 8 nitrogen and oxygen atoms in total. The summed E-state index contributed by atoms with van der Waals surface area (Å²) in [6.07, 6.45) is 30.7. The highest BCUT2D eigenvalue weighted by molar-refractivity contribution is 7.52. The number of carbonyl (C=O) groups is 2. The molecular formula is C25H33O8P. The second-order valence-electron chi connectivity index (χ2n) is 7.88. The quantitative estimate of drug-likeness (QED) is 0.0717. The first-order chi connectivity index (χ1) is 16.3. The van der Waals surface area contributed by atoms with Gasteiger partial charge in [0.15, 0.2) is 0 Å². The van der Waals surface area contributed by atoms with Crippen LogP contribution in [-0.2, 0) is 27.7 Å². The van der Waals surface area contributed by atoms with Crippen molar-refractivity contribution < 1.29 is 37.9 Å². The van der Waals surface area contributed by atoms with Crippen molar-refractivity contribution in [1.82, 2.24) is 0 Å². The van der Waals surface area contributed by atoms with E-state index in [-0.39, 0.29) is 0 Å². The normalized spacial score (nSPS) is 24.8. The van der Waals surface area contributed by atoms with E-state index in [1.54, 1.807) is 18.2 Å². The zero-order valence-corrected chi connectivity index (χ0v) is 20.3. The molecule has 0 saturated carbocycles. The molecule has 9 heteroatoms. The fraction of sp³-hybridized carbons (Fsp3) is 0.440. The Hall–Kier alpha value is -2.19. The van der Waals surface area contributed by atoms with Crippen LogP contribution in [0.3, 0.4) is 0 Å². The molecule has 2 bridgehead atoms. The SMILES string of the molecule is CCCCCCCCC/C=C/C=C/C=C/C=C/C=C/C=C/C(=O)C(O)(O)C(=O)C12OP(=O)(O1)O2. The highest BCUT2D eigenvalue weighted by Crippen LogP contribution is 2.80. The Labute approximate surface area is 200 Å². The molecule has 0 atom stereocenters. The van der Waals surface area contributed by atoms with Gasteiger partial charge >= 0.3 is 13.8 Å². The molecule has 3 rings (SSSR count). The minimum atomic E-state index is -3.70. The highest BCUT2D eigenvalue weighted by Gasteiger charge is 2.82. The summed E-state index contributed by atoms with van der Waals surface area (Å²) < 4.78 is 24.5. The summed E-state index contributed by atoms with van der Waals surface area (Å²) >= 11 is 0. The van der Waals surface area contributed by atoms with Gasteiger partial charge in [-0.25, -0.2) is 18.1 Å². The van der Waals surface area contributed by atoms with Crippen molar-refractivity contribution in [3.05, 3.63) is 72.9 Å². The predicted molar refractivity (Wildman–Crippen MR) is 128 cm³/mol. The monoisotopic (exact) mass is 492 g/mol. The van der Waals surface area contributed by atoms with Crippen molar-refractivity contribution >= 4 is 19.4 Å². The number of allylic oxidation sites excluding steroid dienone is 11. The third-order valence-electron chi connectivity index (χ3n) is 4.99. The van der Waals surface area contributed by atoms with Crippen molar-refractivity contribution in [1.29, 1.82) is 0 Å². The molecular weight excluding hydrogens is 459 g/mol. The summed E-state index contributed by atoms with van der Waals surface area (Å²) in [6, 6.07) is 0. The summed E-state index contributed by atoms with van der Waals surface area (Å²) in [5.74, 6) is -8.81. The average molecular weight is 493 g/mol. The van der Waals surface area contributed by atoms with Gasteiger partial charge in [-0.2, -0.15) is 0 Å². The maximum absolute atomic E-state index is 11.9. The summed E-state index contributed by atoms with van der Waals surface area (Å²) in [4.78, 5) is 23.7. The van der Waals surface area contributed by atoms with Crippen LogP contribution in [0, 0.1) is 0 Å². The molecule has 3 aliphatic heterocycles. The largest absolute Gasteiger partial charge is 0.489 e. The zero-order chi connectivity index (χ0) is 24.9. The lowest BCUT2D eigenvalue weighted by atomic mass is 10.0. The number of hydrogen-bond acceptors (Lipinski definition) is 8. The Balaban J connectivity index is 1.57. The van der Waals surface area contributed by atoms with Crippen LogP contribution >= 0.6 is 7.82 Å². The zero-order valence-electron chi connectivity index (χ0n) is 19.4. The standard InChI is InChI=1S/C25H33O8P/c1-2-3-4-5-6-7-8-9-10-11-12-13-14-15-16-17-18-19-20-21-22(26)24(28,29)23(27)25-31-34(30,32-25)33-25/h10-21,28-29H,2-9H2,1H3/b11-10+,13-12+,15-14+,17-16+,19-18+,21-20+. The first-order valence-corrected chi connectivity index (χ1v) is 13.0. The molecule has 0 spiro atoms. The number of aliphatic hydroxyl groups is 2. The third kappa shape index (κ3) is 8.24. The number of rotatable bonds is 17. The van der Waals surface area contributed by atoms with E-state index in [2.05, 4.69) is 26.6 Å². The van der Waals surface area contributed by atoms with Gasteiger partial charge in [-0.05, 0) is 18.9 Å². The molecule has 0 amide bonds. The maximum atomic E-state index is 11.9. The molecule has 0 aromatic carbocycles. The molecule has 0 radical (unpaired) electrons. The lowest BCUT2D eigenvalue weighted by Crippen LogP contribution is -2.69. The Morgan fingerprint density at radius 1 is 0.765 bits per heavy atom. The van der Waals surface area contributed by atoms with E-state index < -0.39 is 31.1 Å². The molecule has 34 heavy (non-hydrogen) atoms. The molecule has 0 unspecified atom stereocenters. The Kier molecular flexibility index (Phi) is 11.2. The van der Waals surface area contributed by atoms with E-state index in [9.17, 15) is 24.4 Å². The van der Waals surface area contributed by atoms with Gasteiger partial charge in [-0.3, -0.25) is 9.59 Å². The molecule has 186 valence electrons. The Bertz CT molecular complexity index is 897. The minimum absolute atomic E-state index is 0.799. The van der Waals surface area contributed by atoms with Crippen LogP contribution in [0.5, 0.6) is 0 Å². The highest BCUT2D eigenvalue weighted by atomic mass is 31.2. The summed E-state index contributed by atoms with van der Waals surface area (Å²) in [7, 11) is -3.70. The second kappa shape index (κ2) is 13.6. The fourth-order valence-corrected chi connectivity index (χ4v) is 4.25. The van der Waals surface area contributed by atoms with Crippen LogP contribution in [0.25, 0.3) is 0 Å². The van der Waals surface area contributed by atoms with Crippen LogP contribution in [0.15, 0.2) is 72.9 Å². The predicted octanol–water partition coefficient (Wildman–Crippen LogP) is 5.12. The lowest BCUT2D eigenvalue weighted by Gasteiger charge is -2.54. The summed E-state index contributed by atoms with van der Waals surface area (Å²) in [5.41, 5.74) is 0. The lowest BCUT2D eigenvalue weighted by molar-refractivity contribution is -0.405. The number of phosphoric acid groups is 1. The van der Waals surface area contributed by atoms with E-state index >= 15 is 0 Å². The van der Waals surface area contributed by atoms with Crippen molar-refractivity contribution in [3.63, 3.8) is 0 Å². The van der Waals surface area contributed by atoms with E-state index in [1.165, 1.54) is 57.1 Å². The fourth-order valence-electron chi connectivity index (χ4n) is 3.08. The van der Waals surface area contributed by atoms with Crippen LogP contribution in [0.1, 0.15) is 58.3 Å². The van der Waals surface area contributed by atoms with E-state index in [4.69, 9.17) is 0 Å². The summed E-state index contributed by atoms with van der Waals surface area (Å²) in [6.45, 7) is 2.23. The van der Waals surface area contributed by atoms with E-state index in [0.29, 0.717) is 0 Å². The van der Waals surface area contributed by atoms with E-state index in [0.717, 1.165) is 12.5 Å². The first-order valence-electron chi connectivity index (χ1n) is 11.5. The van der Waals surface area contributed by atoms with Gasteiger partial charge in [-0.15, -0.1) is 0 Å². The molecule has 3 aliphatic rings. The van der Waals surface area contributed by atoms with Crippen LogP contribution in [0.2, 0.25) is 0 Å². The smallest absolute Gasteiger partial charge is 0.353 e. The summed E-state index contributed by atoms with van der Waals surface area (Å²) in [5, 5.41) is 19.5. The van der Waals surface area contributed by atoms with Gasteiger partial charge in [0.05, 0.1) is 0 Å². The topological polar surface area (TPSA) is 119 Å². The van der Waals surface area contributed by atoms with Gasteiger partial charge in [0, 0.05) is 0 Å². The van der Waals surface area contributed by atoms with Crippen molar-refractivity contribution in [3.8, 4) is 0 Å². The number of ketones is 2. The number of hydrogen-bond donors (Lipinski definition) is 2. The number of phosphoric ester groups is 1. The molecule has 2 N–H and O–H groups in total. The Morgan fingerprint density at radius 2 is 1.24 bits per heavy atom. The second-order valence-corrected chi connectivity index (χ2v) is 9.32. The number of unbranched alkanes of at least 4 members (excludes halogenated alkanes) is 7. The maximum Gasteiger partial charge on any atom is 0.489 e. The van der Waals surface area contributed by atoms with Crippen LogP contribution in [0.4, 0.5) is 0 Å².